The van der Waals surface area contributed by atoms with E-state index in [1.165, 1.54) is 7.11 Å². The third kappa shape index (κ3) is 3.58. The monoisotopic (exact) mass is 281 g/mol. The van der Waals surface area contributed by atoms with E-state index < -0.39 is 5.97 Å². The van der Waals surface area contributed by atoms with Crippen LogP contribution in [0.3, 0.4) is 0 Å². The maximum atomic E-state index is 12.1. The molecule has 2 aliphatic rings. The molecule has 2 rings (SSSR count). The van der Waals surface area contributed by atoms with Crippen molar-refractivity contribution in [3.63, 3.8) is 0 Å². The number of rotatable bonds is 4. The molecule has 2 atom stereocenters. The Morgan fingerprint density at radius 2 is 2.15 bits per heavy atom. The van der Waals surface area contributed by atoms with Crippen molar-refractivity contribution in [2.24, 2.45) is 16.8 Å². The third-order valence-electron chi connectivity index (χ3n) is 4.01. The molecule has 0 radical (unpaired) electrons. The summed E-state index contributed by atoms with van der Waals surface area (Å²) in [5.74, 6) is 0.484. The van der Waals surface area contributed by atoms with E-state index in [4.69, 9.17) is 4.74 Å². The second-order valence-corrected chi connectivity index (χ2v) is 6.33. The van der Waals surface area contributed by atoms with Crippen molar-refractivity contribution < 1.29 is 19.1 Å². The van der Waals surface area contributed by atoms with Crippen LogP contribution in [0.15, 0.2) is 4.99 Å². The molecular weight excluding hydrogens is 258 g/mol. The largest absolute Gasteiger partial charge is 0.478 e. The summed E-state index contributed by atoms with van der Waals surface area (Å²) in [7, 11) is 1.31. The molecule has 1 aliphatic heterocycles. The molecule has 1 heterocycles. The van der Waals surface area contributed by atoms with Crippen LogP contribution in [0.2, 0.25) is 0 Å². The van der Waals surface area contributed by atoms with Gasteiger partial charge in [0, 0.05) is 11.8 Å². The Labute approximate surface area is 119 Å². The maximum absolute atomic E-state index is 12.1. The number of Topliss-reactive ketones (excluding diaryl/α,β-unsaturated/α-hetero) is 1. The Morgan fingerprint density at radius 3 is 2.75 bits per heavy atom. The molecule has 0 spiro atoms. The van der Waals surface area contributed by atoms with E-state index in [-0.39, 0.29) is 29.6 Å². The fraction of sp³-hybridized carbons (Fsp3) is 0.800. The van der Waals surface area contributed by atoms with Gasteiger partial charge in [0.1, 0.15) is 18.8 Å². The molecule has 5 nitrogen and oxygen atoms in total. The number of hydrogen-bond acceptors (Lipinski definition) is 5. The molecule has 5 heteroatoms. The average Bonchev–Trinajstić information content (AvgIpc) is 2.79. The Balaban J connectivity index is 1.95. The van der Waals surface area contributed by atoms with E-state index in [0.717, 1.165) is 31.6 Å². The van der Waals surface area contributed by atoms with Crippen molar-refractivity contribution >= 4 is 17.7 Å². The lowest BCUT2D eigenvalue weighted by Gasteiger charge is -2.27. The molecule has 0 aromatic heterocycles. The van der Waals surface area contributed by atoms with Crippen molar-refractivity contribution in [1.82, 2.24) is 0 Å². The van der Waals surface area contributed by atoms with Gasteiger partial charge >= 0.3 is 5.97 Å². The first kappa shape index (κ1) is 15.0. The van der Waals surface area contributed by atoms with Crippen LogP contribution in [0.25, 0.3) is 0 Å². The number of carbonyl (C=O) groups excluding carboxylic acids is 2. The lowest BCUT2D eigenvalue weighted by molar-refractivity contribution is -0.144. The minimum atomic E-state index is -0.451. The van der Waals surface area contributed by atoms with Crippen LogP contribution in [0.5, 0.6) is 0 Å². The van der Waals surface area contributed by atoms with Gasteiger partial charge in [-0.3, -0.25) is 9.59 Å². The number of methoxy groups -OCH3 is 1. The van der Waals surface area contributed by atoms with Crippen LogP contribution in [-0.4, -0.2) is 36.9 Å². The van der Waals surface area contributed by atoms with E-state index in [2.05, 4.69) is 9.73 Å². The minimum Gasteiger partial charge on any atom is -0.478 e. The molecule has 0 aromatic rings. The smallest absolute Gasteiger partial charge is 0.313 e. The SMILES string of the molecule is COC(=O)CC(=O)C1CCCC(C2=NC(C)(C)CO2)C1. The molecule has 20 heavy (non-hydrogen) atoms. The van der Waals surface area contributed by atoms with Gasteiger partial charge in [0.25, 0.3) is 0 Å². The first-order valence-corrected chi connectivity index (χ1v) is 7.23. The van der Waals surface area contributed by atoms with Crippen LogP contribution < -0.4 is 0 Å². The number of esters is 1. The van der Waals surface area contributed by atoms with E-state index in [1.54, 1.807) is 0 Å². The van der Waals surface area contributed by atoms with Crippen molar-refractivity contribution in [3.8, 4) is 0 Å². The highest BCUT2D eigenvalue weighted by atomic mass is 16.5. The molecule has 0 aromatic carbocycles. The lowest BCUT2D eigenvalue weighted by atomic mass is 9.78. The second-order valence-electron chi connectivity index (χ2n) is 6.33. The first-order chi connectivity index (χ1) is 9.41. The molecule has 1 aliphatic carbocycles. The number of ketones is 1. The number of carbonyl (C=O) groups is 2. The van der Waals surface area contributed by atoms with Crippen molar-refractivity contribution in [2.75, 3.05) is 13.7 Å². The standard InChI is InChI=1S/C15H23NO4/c1-15(2)9-20-14(16-15)11-6-4-5-10(7-11)12(17)8-13(18)19-3/h10-11H,4-9H2,1-3H3. The molecule has 1 fully saturated rings. The summed E-state index contributed by atoms with van der Waals surface area (Å²) < 4.78 is 10.2. The fourth-order valence-electron chi connectivity index (χ4n) is 2.89. The quantitative estimate of drug-likeness (QED) is 0.585. The Morgan fingerprint density at radius 1 is 1.40 bits per heavy atom. The van der Waals surface area contributed by atoms with Gasteiger partial charge in [-0.15, -0.1) is 0 Å². The Kier molecular flexibility index (Phi) is 4.45. The van der Waals surface area contributed by atoms with Crippen molar-refractivity contribution in [1.29, 1.82) is 0 Å². The van der Waals surface area contributed by atoms with Crippen molar-refractivity contribution in [2.45, 2.75) is 51.5 Å². The number of nitrogens with zero attached hydrogens (tertiary/aromatic N) is 1. The van der Waals surface area contributed by atoms with Gasteiger partial charge in [0.2, 0.25) is 0 Å². The Bertz CT molecular complexity index is 428. The highest BCUT2D eigenvalue weighted by Crippen LogP contribution is 2.34. The van der Waals surface area contributed by atoms with E-state index in [9.17, 15) is 9.59 Å². The number of aliphatic imine (C=N–C) groups is 1. The van der Waals surface area contributed by atoms with Crippen molar-refractivity contribution in [3.05, 3.63) is 0 Å². The summed E-state index contributed by atoms with van der Waals surface area (Å²) in [6.45, 7) is 4.70. The van der Waals surface area contributed by atoms with E-state index in [1.807, 2.05) is 13.8 Å². The molecule has 0 saturated heterocycles. The molecule has 0 bridgehead atoms. The van der Waals surface area contributed by atoms with E-state index >= 15 is 0 Å². The van der Waals surface area contributed by atoms with Crippen LogP contribution in [0.1, 0.15) is 46.0 Å². The summed E-state index contributed by atoms with van der Waals surface area (Å²) in [6, 6.07) is 0. The first-order valence-electron chi connectivity index (χ1n) is 7.23. The number of ether oxygens (including phenoxy) is 2. The van der Waals surface area contributed by atoms with Crippen LogP contribution >= 0.6 is 0 Å². The zero-order chi connectivity index (χ0) is 14.8. The second kappa shape index (κ2) is 5.94. The fourth-order valence-corrected chi connectivity index (χ4v) is 2.89. The molecular formula is C15H23NO4. The van der Waals surface area contributed by atoms with Crippen LogP contribution in [0, 0.1) is 11.8 Å². The van der Waals surface area contributed by atoms with E-state index in [0.29, 0.717) is 6.61 Å². The predicted octanol–water partition coefficient (Wildman–Crippen LogP) is 2.13. The predicted molar refractivity (Wildman–Crippen MR) is 74.6 cm³/mol. The topological polar surface area (TPSA) is 65.0 Å². The zero-order valence-electron chi connectivity index (χ0n) is 12.5. The average molecular weight is 281 g/mol. The molecule has 0 amide bonds. The summed E-state index contributed by atoms with van der Waals surface area (Å²) in [4.78, 5) is 27.9. The summed E-state index contributed by atoms with van der Waals surface area (Å²) >= 11 is 0. The summed E-state index contributed by atoms with van der Waals surface area (Å²) in [5.41, 5.74) is -0.154. The van der Waals surface area contributed by atoms with Gasteiger partial charge in [0.15, 0.2) is 5.90 Å². The Hall–Kier alpha value is -1.39. The molecule has 2 unspecified atom stereocenters. The minimum absolute atomic E-state index is 0.0144. The van der Waals surface area contributed by atoms with Gasteiger partial charge in [-0.1, -0.05) is 6.42 Å². The summed E-state index contributed by atoms with van der Waals surface area (Å²) in [5, 5.41) is 0. The van der Waals surface area contributed by atoms with Crippen LogP contribution in [0.4, 0.5) is 0 Å². The maximum Gasteiger partial charge on any atom is 0.313 e. The zero-order valence-corrected chi connectivity index (χ0v) is 12.5. The van der Waals surface area contributed by atoms with Gasteiger partial charge < -0.3 is 9.47 Å². The number of hydrogen-bond donors (Lipinski definition) is 0. The summed E-state index contributed by atoms with van der Waals surface area (Å²) in [6.07, 6.45) is 3.46. The highest BCUT2D eigenvalue weighted by molar-refractivity contribution is 5.97. The molecule has 112 valence electrons. The highest BCUT2D eigenvalue weighted by Gasteiger charge is 2.36. The normalized spacial score (nSPS) is 28.4. The molecule has 1 saturated carbocycles. The van der Waals surface area contributed by atoms with Gasteiger partial charge in [-0.25, -0.2) is 4.99 Å². The lowest BCUT2D eigenvalue weighted by Crippen LogP contribution is -2.29. The third-order valence-corrected chi connectivity index (χ3v) is 4.01. The van der Waals surface area contributed by atoms with Gasteiger partial charge in [-0.2, -0.15) is 0 Å². The molecule has 0 N–H and O–H groups in total. The van der Waals surface area contributed by atoms with Crippen LogP contribution in [-0.2, 0) is 19.1 Å². The van der Waals surface area contributed by atoms with Gasteiger partial charge in [-0.05, 0) is 33.1 Å². The van der Waals surface area contributed by atoms with Gasteiger partial charge in [0.05, 0.1) is 12.6 Å².